The van der Waals surface area contributed by atoms with Gasteiger partial charge in [-0.05, 0) is 52.7 Å². The van der Waals surface area contributed by atoms with Crippen molar-refractivity contribution in [2.45, 2.75) is 45.4 Å². The number of ether oxygens (including phenoxy) is 1. The molecule has 0 amide bonds. The van der Waals surface area contributed by atoms with Crippen molar-refractivity contribution in [2.75, 3.05) is 7.11 Å². The molecule has 0 N–H and O–H groups in total. The number of hydrogen-bond acceptors (Lipinski definition) is 3. The number of nitrogens with zero attached hydrogens (tertiary/aromatic N) is 1. The Hall–Kier alpha value is -0.900. The molecule has 0 radical (unpaired) electrons. The standard InChI is InChI=1S/C13H18BrN.C2H4O2/c1-13(2)7-3-4-10(8-13)12-6-5-11(14)9-15-12;1-4-2-3/h5-6,9-10H,3-4,7-8H2,1-2H3;2H,1H3. The molecule has 1 unspecified atom stereocenters. The number of halogens is 1. The van der Waals surface area contributed by atoms with Crippen molar-refractivity contribution in [1.82, 2.24) is 4.98 Å². The van der Waals surface area contributed by atoms with Crippen molar-refractivity contribution < 1.29 is 9.53 Å². The van der Waals surface area contributed by atoms with Crippen LogP contribution in [0.3, 0.4) is 0 Å². The molecule has 19 heavy (non-hydrogen) atoms. The first-order valence-electron chi connectivity index (χ1n) is 6.56. The van der Waals surface area contributed by atoms with Gasteiger partial charge in [-0.2, -0.15) is 0 Å². The van der Waals surface area contributed by atoms with Gasteiger partial charge in [0.05, 0.1) is 7.11 Å². The Morgan fingerprint density at radius 3 is 2.63 bits per heavy atom. The van der Waals surface area contributed by atoms with Gasteiger partial charge in [-0.3, -0.25) is 9.78 Å². The predicted molar refractivity (Wildman–Crippen MR) is 80.0 cm³/mol. The second kappa shape index (κ2) is 7.63. The van der Waals surface area contributed by atoms with E-state index in [0.29, 0.717) is 17.8 Å². The van der Waals surface area contributed by atoms with E-state index in [0.717, 1.165) is 4.47 Å². The van der Waals surface area contributed by atoms with Crippen LogP contribution in [-0.2, 0) is 9.53 Å². The van der Waals surface area contributed by atoms with Crippen molar-refractivity contribution in [3.8, 4) is 0 Å². The van der Waals surface area contributed by atoms with Gasteiger partial charge >= 0.3 is 0 Å². The summed E-state index contributed by atoms with van der Waals surface area (Å²) >= 11 is 3.43. The Bertz CT molecular complexity index is 390. The fourth-order valence-corrected chi connectivity index (χ4v) is 2.81. The minimum atomic E-state index is 0.375. The molecule has 1 heterocycles. The van der Waals surface area contributed by atoms with Gasteiger partial charge < -0.3 is 4.74 Å². The zero-order chi connectivity index (χ0) is 14.3. The van der Waals surface area contributed by atoms with Crippen LogP contribution in [0.5, 0.6) is 0 Å². The summed E-state index contributed by atoms with van der Waals surface area (Å²) in [6.45, 7) is 5.12. The molecule has 1 aliphatic rings. The lowest BCUT2D eigenvalue weighted by molar-refractivity contribution is -0.126. The average Bonchev–Trinajstić information content (AvgIpc) is 2.39. The first-order valence-corrected chi connectivity index (χ1v) is 7.36. The lowest BCUT2D eigenvalue weighted by atomic mass is 9.71. The summed E-state index contributed by atoms with van der Waals surface area (Å²) in [5, 5.41) is 0. The van der Waals surface area contributed by atoms with Crippen LogP contribution < -0.4 is 0 Å². The van der Waals surface area contributed by atoms with Crippen LogP contribution in [0.25, 0.3) is 0 Å². The van der Waals surface area contributed by atoms with E-state index in [2.05, 4.69) is 51.6 Å². The van der Waals surface area contributed by atoms with E-state index in [1.165, 1.54) is 38.5 Å². The van der Waals surface area contributed by atoms with Gasteiger partial charge in [0.25, 0.3) is 6.47 Å². The van der Waals surface area contributed by atoms with Gasteiger partial charge in [-0.15, -0.1) is 0 Å². The van der Waals surface area contributed by atoms with Crippen molar-refractivity contribution >= 4 is 22.4 Å². The molecular weight excluding hydrogens is 306 g/mol. The van der Waals surface area contributed by atoms with Gasteiger partial charge in [-0.1, -0.05) is 20.3 Å². The summed E-state index contributed by atoms with van der Waals surface area (Å²) in [4.78, 5) is 13.5. The second-order valence-corrected chi connectivity index (χ2v) is 6.61. The van der Waals surface area contributed by atoms with Crippen LogP contribution in [0.1, 0.15) is 51.1 Å². The Morgan fingerprint density at radius 1 is 1.47 bits per heavy atom. The van der Waals surface area contributed by atoms with E-state index in [-0.39, 0.29) is 0 Å². The molecule has 0 spiro atoms. The van der Waals surface area contributed by atoms with Crippen LogP contribution in [0.15, 0.2) is 22.8 Å². The Balaban J connectivity index is 0.000000399. The molecule has 0 bridgehead atoms. The van der Waals surface area contributed by atoms with Crippen molar-refractivity contribution in [1.29, 1.82) is 0 Å². The highest BCUT2D eigenvalue weighted by atomic mass is 79.9. The maximum atomic E-state index is 8.95. The lowest BCUT2D eigenvalue weighted by Gasteiger charge is -2.34. The molecule has 1 aliphatic carbocycles. The smallest absolute Gasteiger partial charge is 0.292 e. The first kappa shape index (κ1) is 16.2. The summed E-state index contributed by atoms with van der Waals surface area (Å²) in [5.41, 5.74) is 1.77. The summed E-state index contributed by atoms with van der Waals surface area (Å²) in [6.07, 6.45) is 7.20. The number of hydrogen-bond donors (Lipinski definition) is 0. The van der Waals surface area contributed by atoms with E-state index in [1.54, 1.807) is 0 Å². The topological polar surface area (TPSA) is 39.2 Å². The van der Waals surface area contributed by atoms with Crippen molar-refractivity contribution in [2.24, 2.45) is 5.41 Å². The largest absolute Gasteiger partial charge is 0.471 e. The highest BCUT2D eigenvalue weighted by Crippen LogP contribution is 2.42. The molecular formula is C15H22BrNO2. The third kappa shape index (κ3) is 5.72. The predicted octanol–water partition coefficient (Wildman–Crippen LogP) is 4.32. The lowest BCUT2D eigenvalue weighted by Crippen LogP contribution is -2.21. The molecule has 4 heteroatoms. The molecule has 1 aromatic rings. The van der Waals surface area contributed by atoms with E-state index in [4.69, 9.17) is 4.79 Å². The van der Waals surface area contributed by atoms with Crippen LogP contribution in [0.4, 0.5) is 0 Å². The quantitative estimate of drug-likeness (QED) is 0.759. The summed E-state index contributed by atoms with van der Waals surface area (Å²) in [7, 11) is 1.31. The van der Waals surface area contributed by atoms with E-state index >= 15 is 0 Å². The molecule has 1 saturated carbocycles. The number of methoxy groups -OCH3 is 1. The summed E-state index contributed by atoms with van der Waals surface area (Å²) < 4.78 is 4.93. The number of aromatic nitrogens is 1. The van der Waals surface area contributed by atoms with Gasteiger partial charge in [0.15, 0.2) is 0 Å². The maximum Gasteiger partial charge on any atom is 0.292 e. The molecule has 2 rings (SSSR count). The average molecular weight is 328 g/mol. The highest BCUT2D eigenvalue weighted by molar-refractivity contribution is 9.10. The van der Waals surface area contributed by atoms with Crippen LogP contribution in [0.2, 0.25) is 0 Å². The highest BCUT2D eigenvalue weighted by Gasteiger charge is 2.29. The Kier molecular flexibility index (Phi) is 6.49. The van der Waals surface area contributed by atoms with Crippen molar-refractivity contribution in [3.63, 3.8) is 0 Å². The summed E-state index contributed by atoms with van der Waals surface area (Å²) in [5.74, 6) is 0.668. The van der Waals surface area contributed by atoms with E-state index < -0.39 is 0 Å². The first-order chi connectivity index (χ1) is 8.98. The molecule has 1 aromatic heterocycles. The molecule has 1 atom stereocenters. The van der Waals surface area contributed by atoms with Gasteiger partial charge in [0, 0.05) is 22.3 Å². The minimum Gasteiger partial charge on any atom is -0.471 e. The third-order valence-electron chi connectivity index (χ3n) is 3.47. The fourth-order valence-electron chi connectivity index (χ4n) is 2.58. The number of pyridine rings is 1. The van der Waals surface area contributed by atoms with E-state index in [1.807, 2.05) is 6.20 Å². The van der Waals surface area contributed by atoms with Gasteiger partial charge in [0.2, 0.25) is 0 Å². The molecule has 0 aromatic carbocycles. The number of carbonyl (C=O) groups is 1. The second-order valence-electron chi connectivity index (χ2n) is 5.69. The zero-order valence-corrected chi connectivity index (χ0v) is 13.4. The minimum absolute atomic E-state index is 0.375. The van der Waals surface area contributed by atoms with Crippen LogP contribution >= 0.6 is 15.9 Å². The van der Waals surface area contributed by atoms with Crippen LogP contribution in [0, 0.1) is 5.41 Å². The maximum absolute atomic E-state index is 8.95. The summed E-state index contributed by atoms with van der Waals surface area (Å²) in [6, 6.07) is 4.26. The molecule has 1 fully saturated rings. The Morgan fingerprint density at radius 2 is 2.16 bits per heavy atom. The monoisotopic (exact) mass is 327 g/mol. The van der Waals surface area contributed by atoms with Crippen molar-refractivity contribution in [3.05, 3.63) is 28.5 Å². The van der Waals surface area contributed by atoms with E-state index in [9.17, 15) is 0 Å². The third-order valence-corrected chi connectivity index (χ3v) is 3.94. The van der Waals surface area contributed by atoms with Crippen LogP contribution in [-0.4, -0.2) is 18.6 Å². The number of rotatable bonds is 2. The molecule has 0 aliphatic heterocycles. The van der Waals surface area contributed by atoms with Gasteiger partial charge in [-0.25, -0.2) is 0 Å². The SMILES string of the molecule is CC1(C)CCCC(c2ccc(Br)cn2)C1.COC=O. The van der Waals surface area contributed by atoms with Gasteiger partial charge in [0.1, 0.15) is 0 Å². The Labute approximate surface area is 123 Å². The number of carbonyl (C=O) groups excluding carboxylic acids is 1. The molecule has 3 nitrogen and oxygen atoms in total. The molecule has 0 saturated heterocycles. The fraction of sp³-hybridized carbons (Fsp3) is 0.600. The zero-order valence-electron chi connectivity index (χ0n) is 11.9. The molecule has 106 valence electrons. The normalized spacial score (nSPS) is 20.9.